The first-order valence-electron chi connectivity index (χ1n) is 6.63. The van der Waals surface area contributed by atoms with Crippen molar-refractivity contribution in [1.82, 2.24) is 5.32 Å². The van der Waals surface area contributed by atoms with Gasteiger partial charge in [-0.15, -0.1) is 0 Å². The average molecular weight is 278 g/mol. The molecule has 19 heavy (non-hydrogen) atoms. The highest BCUT2D eigenvalue weighted by Gasteiger charge is 2.11. The van der Waals surface area contributed by atoms with Gasteiger partial charge in [-0.05, 0) is 56.1 Å². The molecular weight excluding hydrogens is 258 g/mol. The van der Waals surface area contributed by atoms with E-state index in [1.807, 2.05) is 25.2 Å². The van der Waals surface area contributed by atoms with Gasteiger partial charge in [0.2, 0.25) is 0 Å². The van der Waals surface area contributed by atoms with Crippen molar-refractivity contribution in [3.8, 4) is 0 Å². The quantitative estimate of drug-likeness (QED) is 0.863. The number of likely N-dealkylation sites (N-methyl/N-ethyl adjacent to an activating group) is 1. The van der Waals surface area contributed by atoms with Gasteiger partial charge in [0.25, 0.3) is 0 Å². The molecule has 2 rings (SSSR count). The maximum Gasteiger partial charge on any atom is 0.103 e. The molecule has 2 aromatic rings. The number of hydrogen-bond acceptors (Lipinski definition) is 2. The van der Waals surface area contributed by atoms with Crippen LogP contribution in [0.1, 0.15) is 23.3 Å². The standard InChI is InChI=1S/C16H20ClNO/c1-12-5-6-13(16(17)10-12)11-14(18-2)7-8-15-4-3-9-19-15/h3-6,9-10,14,18H,7-8,11H2,1-2H3. The fourth-order valence-electron chi connectivity index (χ4n) is 2.20. The molecule has 0 spiro atoms. The van der Waals surface area contributed by atoms with Gasteiger partial charge < -0.3 is 9.73 Å². The summed E-state index contributed by atoms with van der Waals surface area (Å²) in [5, 5.41) is 4.21. The number of rotatable bonds is 6. The first-order chi connectivity index (χ1) is 9.19. The Balaban J connectivity index is 1.94. The van der Waals surface area contributed by atoms with E-state index in [0.717, 1.165) is 30.0 Å². The van der Waals surface area contributed by atoms with Crippen LogP contribution in [0, 0.1) is 6.92 Å². The van der Waals surface area contributed by atoms with Gasteiger partial charge in [0.05, 0.1) is 6.26 Å². The molecule has 1 heterocycles. The van der Waals surface area contributed by atoms with E-state index in [2.05, 4.69) is 24.4 Å². The Bertz CT molecular complexity index is 507. The average Bonchev–Trinajstić information content (AvgIpc) is 2.90. The van der Waals surface area contributed by atoms with E-state index in [-0.39, 0.29) is 0 Å². The molecule has 102 valence electrons. The largest absolute Gasteiger partial charge is 0.469 e. The number of benzene rings is 1. The van der Waals surface area contributed by atoms with E-state index < -0.39 is 0 Å². The summed E-state index contributed by atoms with van der Waals surface area (Å²) in [6, 6.07) is 10.6. The lowest BCUT2D eigenvalue weighted by Gasteiger charge is -2.16. The van der Waals surface area contributed by atoms with Crippen LogP contribution in [0.2, 0.25) is 5.02 Å². The van der Waals surface area contributed by atoms with Gasteiger partial charge in [-0.25, -0.2) is 0 Å². The van der Waals surface area contributed by atoms with Gasteiger partial charge in [-0.1, -0.05) is 23.7 Å². The number of halogens is 1. The Morgan fingerprint density at radius 2 is 2.16 bits per heavy atom. The zero-order valence-electron chi connectivity index (χ0n) is 11.4. The monoisotopic (exact) mass is 277 g/mol. The van der Waals surface area contributed by atoms with Crippen molar-refractivity contribution in [1.29, 1.82) is 0 Å². The highest BCUT2D eigenvalue weighted by atomic mass is 35.5. The van der Waals surface area contributed by atoms with E-state index in [9.17, 15) is 0 Å². The van der Waals surface area contributed by atoms with Crippen LogP contribution < -0.4 is 5.32 Å². The molecule has 1 aromatic heterocycles. The molecule has 3 heteroatoms. The van der Waals surface area contributed by atoms with E-state index >= 15 is 0 Å². The lowest BCUT2D eigenvalue weighted by Crippen LogP contribution is -2.28. The minimum Gasteiger partial charge on any atom is -0.469 e. The maximum absolute atomic E-state index is 6.28. The lowest BCUT2D eigenvalue weighted by atomic mass is 10.0. The molecule has 0 fully saturated rings. The van der Waals surface area contributed by atoms with Gasteiger partial charge in [-0.3, -0.25) is 0 Å². The molecule has 0 saturated carbocycles. The molecule has 0 saturated heterocycles. The molecule has 2 nitrogen and oxygen atoms in total. The fourth-order valence-corrected chi connectivity index (χ4v) is 2.52. The van der Waals surface area contributed by atoms with Crippen molar-refractivity contribution < 1.29 is 4.42 Å². The second-order valence-corrected chi connectivity index (χ2v) is 5.31. The molecule has 0 aliphatic rings. The van der Waals surface area contributed by atoms with Crippen LogP contribution in [-0.4, -0.2) is 13.1 Å². The summed E-state index contributed by atoms with van der Waals surface area (Å²) >= 11 is 6.28. The smallest absolute Gasteiger partial charge is 0.103 e. The first-order valence-corrected chi connectivity index (χ1v) is 7.01. The number of furan rings is 1. The van der Waals surface area contributed by atoms with Crippen LogP contribution in [0.25, 0.3) is 0 Å². The molecule has 0 radical (unpaired) electrons. The minimum atomic E-state index is 0.408. The Labute approximate surface area is 119 Å². The molecule has 0 aliphatic carbocycles. The van der Waals surface area contributed by atoms with Crippen molar-refractivity contribution >= 4 is 11.6 Å². The molecule has 1 unspecified atom stereocenters. The molecule has 0 aliphatic heterocycles. The highest BCUT2D eigenvalue weighted by molar-refractivity contribution is 6.31. The van der Waals surface area contributed by atoms with Crippen LogP contribution in [0.15, 0.2) is 41.0 Å². The van der Waals surface area contributed by atoms with Crippen molar-refractivity contribution in [3.05, 3.63) is 58.5 Å². The number of aryl methyl sites for hydroxylation is 2. The molecule has 1 atom stereocenters. The third-order valence-electron chi connectivity index (χ3n) is 3.40. The summed E-state index contributed by atoms with van der Waals surface area (Å²) in [5.41, 5.74) is 2.40. The van der Waals surface area contributed by atoms with E-state index in [4.69, 9.17) is 16.0 Å². The number of nitrogens with one attached hydrogen (secondary N) is 1. The summed E-state index contributed by atoms with van der Waals surface area (Å²) < 4.78 is 5.36. The van der Waals surface area contributed by atoms with Crippen LogP contribution in [0.5, 0.6) is 0 Å². The normalized spacial score (nSPS) is 12.6. The zero-order chi connectivity index (χ0) is 13.7. The Morgan fingerprint density at radius 3 is 2.79 bits per heavy atom. The maximum atomic E-state index is 6.28. The summed E-state index contributed by atoms with van der Waals surface area (Å²) in [4.78, 5) is 0. The van der Waals surface area contributed by atoms with Crippen LogP contribution in [-0.2, 0) is 12.8 Å². The predicted octanol–water partition coefficient (Wildman–Crippen LogP) is 4.00. The van der Waals surface area contributed by atoms with Gasteiger partial charge in [-0.2, -0.15) is 0 Å². The molecule has 1 aromatic carbocycles. The highest BCUT2D eigenvalue weighted by Crippen LogP contribution is 2.20. The molecular formula is C16H20ClNO. The van der Waals surface area contributed by atoms with Crippen molar-refractivity contribution in [2.45, 2.75) is 32.2 Å². The van der Waals surface area contributed by atoms with Crippen molar-refractivity contribution in [3.63, 3.8) is 0 Å². The topological polar surface area (TPSA) is 25.2 Å². The van der Waals surface area contributed by atoms with Gasteiger partial charge in [0.15, 0.2) is 0 Å². The lowest BCUT2D eigenvalue weighted by molar-refractivity contribution is 0.460. The first kappa shape index (κ1) is 14.2. The second-order valence-electron chi connectivity index (χ2n) is 4.90. The third-order valence-corrected chi connectivity index (χ3v) is 3.75. The summed E-state index contributed by atoms with van der Waals surface area (Å²) in [5.74, 6) is 1.04. The van der Waals surface area contributed by atoms with E-state index in [0.29, 0.717) is 6.04 Å². The number of hydrogen-bond donors (Lipinski definition) is 1. The van der Waals surface area contributed by atoms with Crippen molar-refractivity contribution in [2.75, 3.05) is 7.05 Å². The third kappa shape index (κ3) is 4.12. The summed E-state index contributed by atoms with van der Waals surface area (Å²) in [6.45, 7) is 2.06. The molecule has 1 N–H and O–H groups in total. The zero-order valence-corrected chi connectivity index (χ0v) is 12.2. The second kappa shape index (κ2) is 6.78. The van der Waals surface area contributed by atoms with Gasteiger partial charge in [0, 0.05) is 17.5 Å². The molecule has 0 amide bonds. The van der Waals surface area contributed by atoms with E-state index in [1.165, 1.54) is 11.1 Å². The molecule has 0 bridgehead atoms. The van der Waals surface area contributed by atoms with Crippen molar-refractivity contribution in [2.24, 2.45) is 0 Å². The fraction of sp³-hybridized carbons (Fsp3) is 0.375. The predicted molar refractivity (Wildman–Crippen MR) is 79.8 cm³/mol. The summed E-state index contributed by atoms with van der Waals surface area (Å²) in [7, 11) is 1.99. The van der Waals surface area contributed by atoms with E-state index in [1.54, 1.807) is 6.26 Å². The van der Waals surface area contributed by atoms with Crippen LogP contribution in [0.4, 0.5) is 0 Å². The van der Waals surface area contributed by atoms with Gasteiger partial charge in [0.1, 0.15) is 5.76 Å². The van der Waals surface area contributed by atoms with Gasteiger partial charge >= 0.3 is 0 Å². The SMILES string of the molecule is CNC(CCc1ccco1)Cc1ccc(C)cc1Cl. The van der Waals surface area contributed by atoms with Crippen LogP contribution >= 0.6 is 11.6 Å². The minimum absolute atomic E-state index is 0.408. The Hall–Kier alpha value is -1.25. The Kier molecular flexibility index (Phi) is 5.06. The Morgan fingerprint density at radius 1 is 1.32 bits per heavy atom. The van der Waals surface area contributed by atoms with Crippen LogP contribution in [0.3, 0.4) is 0 Å². The summed E-state index contributed by atoms with van der Waals surface area (Å²) in [6.07, 6.45) is 4.65.